The van der Waals surface area contributed by atoms with E-state index < -0.39 is 5.82 Å². The Hall–Kier alpha value is -1.38. The first-order chi connectivity index (χ1) is 9.63. The summed E-state index contributed by atoms with van der Waals surface area (Å²) in [6.45, 7) is 2.19. The van der Waals surface area contributed by atoms with E-state index in [2.05, 4.69) is 6.92 Å². The Kier molecular flexibility index (Phi) is 5.16. The maximum Gasteiger partial charge on any atom is 0.165 e. The molecule has 3 heteroatoms. The normalized spacial score (nSPS) is 22.6. The van der Waals surface area contributed by atoms with E-state index in [1.807, 2.05) is 0 Å². The highest BCUT2D eigenvalue weighted by molar-refractivity contribution is 5.83. The van der Waals surface area contributed by atoms with Crippen molar-refractivity contribution >= 4 is 5.78 Å². The van der Waals surface area contributed by atoms with E-state index in [-0.39, 0.29) is 17.5 Å². The van der Waals surface area contributed by atoms with Gasteiger partial charge < -0.3 is 4.74 Å². The van der Waals surface area contributed by atoms with Crippen LogP contribution in [0.4, 0.5) is 4.39 Å². The lowest BCUT2D eigenvalue weighted by Crippen LogP contribution is -2.24. The lowest BCUT2D eigenvalue weighted by atomic mass is 9.77. The lowest BCUT2D eigenvalue weighted by Gasteiger charge is -2.27. The van der Waals surface area contributed by atoms with Crippen molar-refractivity contribution in [1.82, 2.24) is 0 Å². The van der Waals surface area contributed by atoms with Crippen LogP contribution in [0, 0.1) is 17.7 Å². The number of rotatable bonds is 5. The molecule has 0 saturated heterocycles. The first-order valence-electron chi connectivity index (χ1n) is 7.49. The molecule has 2 rings (SSSR count). The van der Waals surface area contributed by atoms with E-state index in [0.29, 0.717) is 12.3 Å². The van der Waals surface area contributed by atoms with Crippen LogP contribution in [-0.2, 0) is 11.2 Å². The molecule has 0 spiro atoms. The van der Waals surface area contributed by atoms with Crippen LogP contribution in [0.25, 0.3) is 0 Å². The van der Waals surface area contributed by atoms with Crippen molar-refractivity contribution < 1.29 is 13.9 Å². The maximum atomic E-state index is 13.6. The van der Waals surface area contributed by atoms with Gasteiger partial charge in [-0.1, -0.05) is 32.3 Å². The number of Topliss-reactive ketones (excluding diaryl/α,β-unsaturated/α-hetero) is 1. The standard InChI is InChI=1S/C17H23FO2/c1-3-12-5-4-6-14(9-12)16(19)11-13-7-8-17(20-2)15(18)10-13/h7-8,10,12,14H,3-6,9,11H2,1-2H3. The first kappa shape index (κ1) is 15.0. The lowest BCUT2D eigenvalue weighted by molar-refractivity contribution is -0.123. The van der Waals surface area contributed by atoms with Crippen LogP contribution < -0.4 is 4.74 Å². The number of methoxy groups -OCH3 is 1. The third kappa shape index (κ3) is 3.59. The Labute approximate surface area is 120 Å². The van der Waals surface area contributed by atoms with Crippen LogP contribution in [0.2, 0.25) is 0 Å². The van der Waals surface area contributed by atoms with Gasteiger partial charge in [0.2, 0.25) is 0 Å². The molecule has 20 heavy (non-hydrogen) atoms. The summed E-state index contributed by atoms with van der Waals surface area (Å²) in [5.74, 6) is 0.940. The van der Waals surface area contributed by atoms with Gasteiger partial charge in [0.1, 0.15) is 5.78 Å². The summed E-state index contributed by atoms with van der Waals surface area (Å²) in [6, 6.07) is 4.78. The summed E-state index contributed by atoms with van der Waals surface area (Å²) in [4.78, 5) is 12.3. The molecule has 1 aromatic rings. The maximum absolute atomic E-state index is 13.6. The molecule has 0 aliphatic heterocycles. The van der Waals surface area contributed by atoms with Gasteiger partial charge in [-0.3, -0.25) is 4.79 Å². The van der Waals surface area contributed by atoms with Crippen LogP contribution in [0.3, 0.4) is 0 Å². The molecule has 0 heterocycles. The van der Waals surface area contributed by atoms with Crippen molar-refractivity contribution in [2.75, 3.05) is 7.11 Å². The molecule has 2 unspecified atom stereocenters. The molecular formula is C17H23FO2. The molecule has 1 aliphatic carbocycles. The fraction of sp³-hybridized carbons (Fsp3) is 0.588. The summed E-state index contributed by atoms with van der Waals surface area (Å²) < 4.78 is 18.5. The SMILES string of the molecule is CCC1CCCC(C(=O)Cc2ccc(OC)c(F)c2)C1. The summed E-state index contributed by atoms with van der Waals surface area (Å²) in [5, 5.41) is 0. The largest absolute Gasteiger partial charge is 0.494 e. The molecule has 1 fully saturated rings. The van der Waals surface area contributed by atoms with Crippen LogP contribution in [-0.4, -0.2) is 12.9 Å². The zero-order chi connectivity index (χ0) is 14.5. The van der Waals surface area contributed by atoms with E-state index in [1.165, 1.54) is 19.6 Å². The van der Waals surface area contributed by atoms with Gasteiger partial charge in [-0.05, 0) is 36.5 Å². The van der Waals surface area contributed by atoms with Crippen LogP contribution in [0.15, 0.2) is 18.2 Å². The molecule has 0 aromatic heterocycles. The average Bonchev–Trinajstić information content (AvgIpc) is 2.47. The van der Waals surface area contributed by atoms with Crippen molar-refractivity contribution in [2.45, 2.75) is 45.4 Å². The highest BCUT2D eigenvalue weighted by atomic mass is 19.1. The number of halogens is 1. The Morgan fingerprint density at radius 3 is 2.85 bits per heavy atom. The van der Waals surface area contributed by atoms with E-state index in [4.69, 9.17) is 4.74 Å². The molecule has 2 atom stereocenters. The molecule has 110 valence electrons. The van der Waals surface area contributed by atoms with Crippen molar-refractivity contribution in [3.63, 3.8) is 0 Å². The van der Waals surface area contributed by atoms with Gasteiger partial charge in [-0.15, -0.1) is 0 Å². The number of ether oxygens (including phenoxy) is 1. The predicted molar refractivity (Wildman–Crippen MR) is 77.4 cm³/mol. The molecule has 0 radical (unpaired) electrons. The minimum Gasteiger partial charge on any atom is -0.494 e. The number of hydrogen-bond donors (Lipinski definition) is 0. The topological polar surface area (TPSA) is 26.3 Å². The zero-order valence-corrected chi connectivity index (χ0v) is 12.3. The van der Waals surface area contributed by atoms with Gasteiger partial charge in [-0.2, -0.15) is 0 Å². The van der Waals surface area contributed by atoms with Crippen LogP contribution in [0.1, 0.15) is 44.6 Å². The Morgan fingerprint density at radius 2 is 2.20 bits per heavy atom. The van der Waals surface area contributed by atoms with Gasteiger partial charge >= 0.3 is 0 Å². The quantitative estimate of drug-likeness (QED) is 0.808. The molecule has 1 saturated carbocycles. The zero-order valence-electron chi connectivity index (χ0n) is 12.3. The molecule has 0 bridgehead atoms. The fourth-order valence-electron chi connectivity index (χ4n) is 3.12. The highest BCUT2D eigenvalue weighted by Gasteiger charge is 2.26. The van der Waals surface area contributed by atoms with Crippen LogP contribution >= 0.6 is 0 Å². The van der Waals surface area contributed by atoms with Crippen molar-refractivity contribution in [2.24, 2.45) is 11.8 Å². The number of carbonyl (C=O) groups excluding carboxylic acids is 1. The van der Waals surface area contributed by atoms with Gasteiger partial charge in [0.15, 0.2) is 11.6 Å². The summed E-state index contributed by atoms with van der Waals surface area (Å²) in [5.41, 5.74) is 0.743. The smallest absolute Gasteiger partial charge is 0.165 e. The fourth-order valence-corrected chi connectivity index (χ4v) is 3.12. The van der Waals surface area contributed by atoms with E-state index in [1.54, 1.807) is 12.1 Å². The van der Waals surface area contributed by atoms with E-state index in [9.17, 15) is 9.18 Å². The summed E-state index contributed by atoms with van der Waals surface area (Å²) >= 11 is 0. The second-order valence-corrected chi connectivity index (χ2v) is 5.75. The van der Waals surface area contributed by atoms with E-state index >= 15 is 0 Å². The van der Waals surface area contributed by atoms with Gasteiger partial charge in [0.05, 0.1) is 7.11 Å². The molecule has 1 aliphatic rings. The monoisotopic (exact) mass is 278 g/mol. The molecule has 2 nitrogen and oxygen atoms in total. The summed E-state index contributed by atoms with van der Waals surface area (Å²) in [7, 11) is 1.44. The number of benzene rings is 1. The van der Waals surface area contributed by atoms with Crippen molar-refractivity contribution in [3.05, 3.63) is 29.6 Å². The molecular weight excluding hydrogens is 255 g/mol. The van der Waals surface area contributed by atoms with Gasteiger partial charge in [0, 0.05) is 12.3 Å². The van der Waals surface area contributed by atoms with Crippen molar-refractivity contribution in [3.8, 4) is 5.75 Å². The second kappa shape index (κ2) is 6.87. The highest BCUT2D eigenvalue weighted by Crippen LogP contribution is 2.32. The predicted octanol–water partition coefficient (Wildman–Crippen LogP) is 4.16. The molecule has 0 N–H and O–H groups in total. The average molecular weight is 278 g/mol. The number of ketones is 1. The summed E-state index contributed by atoms with van der Waals surface area (Å²) in [6.07, 6.45) is 5.88. The third-order valence-electron chi connectivity index (χ3n) is 4.41. The van der Waals surface area contributed by atoms with Crippen molar-refractivity contribution in [1.29, 1.82) is 0 Å². The Balaban J connectivity index is 1.98. The first-order valence-corrected chi connectivity index (χ1v) is 7.49. The number of carbonyl (C=O) groups is 1. The second-order valence-electron chi connectivity index (χ2n) is 5.75. The molecule has 0 amide bonds. The minimum atomic E-state index is -0.395. The Bertz CT molecular complexity index is 470. The number of hydrogen-bond acceptors (Lipinski definition) is 2. The molecule has 1 aromatic carbocycles. The Morgan fingerprint density at radius 1 is 1.40 bits per heavy atom. The van der Waals surface area contributed by atoms with Gasteiger partial charge in [0.25, 0.3) is 0 Å². The third-order valence-corrected chi connectivity index (χ3v) is 4.41. The van der Waals surface area contributed by atoms with E-state index in [0.717, 1.165) is 31.2 Å². The van der Waals surface area contributed by atoms with Crippen LogP contribution in [0.5, 0.6) is 5.75 Å². The minimum absolute atomic E-state index is 0.166. The van der Waals surface area contributed by atoms with Gasteiger partial charge in [-0.25, -0.2) is 4.39 Å².